The van der Waals surface area contributed by atoms with E-state index in [-0.39, 0.29) is 0 Å². The second kappa shape index (κ2) is 30.0. The Balaban J connectivity index is 3.00. The fraction of sp³-hybridized carbons (Fsp3) is 1.00. The molecule has 0 saturated carbocycles. The van der Waals surface area contributed by atoms with E-state index in [2.05, 4.69) is 13.8 Å². The van der Waals surface area contributed by atoms with Gasteiger partial charge in [-0.05, 0) is 18.9 Å². The van der Waals surface area contributed by atoms with Crippen LogP contribution in [0.25, 0.3) is 0 Å². The van der Waals surface area contributed by atoms with Crippen LogP contribution in [0.2, 0.25) is 0 Å². The second-order valence-electron chi connectivity index (χ2n) is 11.5. The SMILES string of the molecule is CC(C)CCCCCCCCCCCCCCCCCCCCCCCCCCCCCN. The smallest absolute Gasteiger partial charge is 0.00773 e. The van der Waals surface area contributed by atoms with Gasteiger partial charge in [-0.3, -0.25) is 0 Å². The number of nitrogens with two attached hydrogens (primary N) is 1. The minimum absolute atomic E-state index is 0.874. The van der Waals surface area contributed by atoms with Crippen molar-refractivity contribution in [3.05, 3.63) is 0 Å². The van der Waals surface area contributed by atoms with Gasteiger partial charge in [0.2, 0.25) is 0 Å². The Hall–Kier alpha value is -0.0400. The summed E-state index contributed by atoms with van der Waals surface area (Å²) in [5.74, 6) is 0.895. The molecule has 200 valence electrons. The highest BCUT2D eigenvalue weighted by molar-refractivity contribution is 4.53. The van der Waals surface area contributed by atoms with Gasteiger partial charge in [0.05, 0.1) is 0 Å². The maximum absolute atomic E-state index is 5.54. The first-order valence-corrected chi connectivity index (χ1v) is 16.0. The third-order valence-electron chi connectivity index (χ3n) is 7.49. The van der Waals surface area contributed by atoms with Gasteiger partial charge in [-0.25, -0.2) is 0 Å². The van der Waals surface area contributed by atoms with E-state index >= 15 is 0 Å². The molecule has 0 heterocycles. The van der Waals surface area contributed by atoms with E-state index in [1.54, 1.807) is 0 Å². The van der Waals surface area contributed by atoms with Crippen LogP contribution in [-0.4, -0.2) is 6.54 Å². The highest BCUT2D eigenvalue weighted by Crippen LogP contribution is 2.16. The van der Waals surface area contributed by atoms with Crippen molar-refractivity contribution in [2.45, 2.75) is 194 Å². The summed E-state index contributed by atoms with van der Waals surface area (Å²) in [5.41, 5.74) is 5.54. The number of hydrogen-bond donors (Lipinski definition) is 1. The molecule has 0 aliphatic carbocycles. The van der Waals surface area contributed by atoms with E-state index in [4.69, 9.17) is 5.73 Å². The number of rotatable bonds is 29. The summed E-state index contributed by atoms with van der Waals surface area (Å²) in [4.78, 5) is 0. The van der Waals surface area contributed by atoms with Crippen molar-refractivity contribution < 1.29 is 0 Å². The van der Waals surface area contributed by atoms with Gasteiger partial charge >= 0.3 is 0 Å². The number of hydrogen-bond acceptors (Lipinski definition) is 1. The molecule has 1 nitrogen and oxygen atoms in total. The fourth-order valence-electron chi connectivity index (χ4n) is 5.12. The van der Waals surface area contributed by atoms with Crippen LogP contribution in [0, 0.1) is 5.92 Å². The molecular formula is C32H67N. The molecule has 0 aromatic heterocycles. The lowest BCUT2D eigenvalue weighted by Gasteiger charge is -2.05. The Bertz CT molecular complexity index is 324. The maximum atomic E-state index is 5.54. The zero-order chi connectivity index (χ0) is 24.1. The Labute approximate surface area is 211 Å². The minimum atomic E-state index is 0.874. The molecule has 0 aromatic carbocycles. The molecule has 0 aliphatic rings. The Morgan fingerprint density at radius 1 is 0.303 bits per heavy atom. The van der Waals surface area contributed by atoms with Gasteiger partial charge in [-0.1, -0.05) is 187 Å². The third-order valence-corrected chi connectivity index (χ3v) is 7.49. The predicted octanol–water partition coefficient (Wildman–Crippen LogP) is 11.5. The van der Waals surface area contributed by atoms with Crippen LogP contribution in [0.5, 0.6) is 0 Å². The lowest BCUT2D eigenvalue weighted by atomic mass is 10.0. The molecule has 0 unspecified atom stereocenters. The summed E-state index contributed by atoms with van der Waals surface area (Å²) in [6, 6.07) is 0. The van der Waals surface area contributed by atoms with Crippen LogP contribution in [-0.2, 0) is 0 Å². The lowest BCUT2D eigenvalue weighted by molar-refractivity contribution is 0.500. The molecule has 0 amide bonds. The first-order valence-electron chi connectivity index (χ1n) is 16.0. The summed E-state index contributed by atoms with van der Waals surface area (Å²) >= 11 is 0. The van der Waals surface area contributed by atoms with Crippen molar-refractivity contribution >= 4 is 0 Å². The van der Waals surface area contributed by atoms with Crippen LogP contribution in [0.4, 0.5) is 0 Å². The van der Waals surface area contributed by atoms with Crippen molar-refractivity contribution in [1.82, 2.24) is 0 Å². The third kappa shape index (κ3) is 32.0. The molecule has 0 spiro atoms. The van der Waals surface area contributed by atoms with Crippen molar-refractivity contribution in [1.29, 1.82) is 0 Å². The van der Waals surface area contributed by atoms with Crippen LogP contribution in [0.3, 0.4) is 0 Å². The maximum Gasteiger partial charge on any atom is -0.00773 e. The summed E-state index contributed by atoms with van der Waals surface area (Å²) < 4.78 is 0. The van der Waals surface area contributed by atoms with E-state index < -0.39 is 0 Å². The molecule has 0 fully saturated rings. The number of unbranched alkanes of at least 4 members (excludes halogenated alkanes) is 26. The van der Waals surface area contributed by atoms with Crippen molar-refractivity contribution in [3.8, 4) is 0 Å². The molecule has 33 heavy (non-hydrogen) atoms. The van der Waals surface area contributed by atoms with Crippen molar-refractivity contribution in [2.75, 3.05) is 6.54 Å². The molecule has 0 saturated heterocycles. The molecule has 0 atom stereocenters. The fourth-order valence-corrected chi connectivity index (χ4v) is 5.12. The molecule has 0 aromatic rings. The van der Waals surface area contributed by atoms with Gasteiger partial charge < -0.3 is 5.73 Å². The van der Waals surface area contributed by atoms with E-state index in [0.29, 0.717) is 0 Å². The monoisotopic (exact) mass is 466 g/mol. The molecule has 2 N–H and O–H groups in total. The van der Waals surface area contributed by atoms with Gasteiger partial charge in [-0.15, -0.1) is 0 Å². The first-order chi connectivity index (χ1) is 16.3. The zero-order valence-corrected chi connectivity index (χ0v) is 23.7. The van der Waals surface area contributed by atoms with E-state index in [9.17, 15) is 0 Å². The zero-order valence-electron chi connectivity index (χ0n) is 23.7. The molecule has 1 heteroatoms. The Morgan fingerprint density at radius 2 is 0.485 bits per heavy atom. The standard InChI is InChI=1S/C32H67N/c1-32(2)30-28-26-24-22-20-18-16-14-12-10-8-6-4-3-5-7-9-11-13-15-17-19-21-23-25-27-29-31-33/h32H,3-31,33H2,1-2H3. The average molecular weight is 466 g/mol. The van der Waals surface area contributed by atoms with Gasteiger partial charge in [0.25, 0.3) is 0 Å². The van der Waals surface area contributed by atoms with Crippen molar-refractivity contribution in [2.24, 2.45) is 11.7 Å². The average Bonchev–Trinajstić information content (AvgIpc) is 2.80. The lowest BCUT2D eigenvalue weighted by Crippen LogP contribution is -1.97. The first kappa shape index (κ1) is 33.0. The van der Waals surface area contributed by atoms with Gasteiger partial charge in [0.1, 0.15) is 0 Å². The normalized spacial score (nSPS) is 11.6. The van der Waals surface area contributed by atoms with Crippen molar-refractivity contribution in [3.63, 3.8) is 0 Å². The summed E-state index contributed by atoms with van der Waals surface area (Å²) in [6.07, 6.45) is 40.8. The summed E-state index contributed by atoms with van der Waals surface area (Å²) in [6.45, 7) is 5.57. The summed E-state index contributed by atoms with van der Waals surface area (Å²) in [5, 5.41) is 0. The topological polar surface area (TPSA) is 26.0 Å². The van der Waals surface area contributed by atoms with Gasteiger partial charge in [-0.2, -0.15) is 0 Å². The van der Waals surface area contributed by atoms with Crippen LogP contribution >= 0.6 is 0 Å². The largest absolute Gasteiger partial charge is 0.330 e. The van der Waals surface area contributed by atoms with Crippen LogP contribution in [0.1, 0.15) is 194 Å². The molecule has 0 rings (SSSR count). The molecule has 0 aliphatic heterocycles. The highest BCUT2D eigenvalue weighted by Gasteiger charge is 1.97. The summed E-state index contributed by atoms with van der Waals surface area (Å²) in [7, 11) is 0. The Kier molecular flexibility index (Phi) is 30.0. The highest BCUT2D eigenvalue weighted by atomic mass is 14.5. The minimum Gasteiger partial charge on any atom is -0.330 e. The van der Waals surface area contributed by atoms with Gasteiger partial charge in [0, 0.05) is 0 Å². The molecule has 0 bridgehead atoms. The van der Waals surface area contributed by atoms with Crippen LogP contribution < -0.4 is 5.73 Å². The second-order valence-corrected chi connectivity index (χ2v) is 11.5. The predicted molar refractivity (Wildman–Crippen MR) is 153 cm³/mol. The van der Waals surface area contributed by atoms with E-state index in [1.807, 2.05) is 0 Å². The van der Waals surface area contributed by atoms with E-state index in [1.165, 1.54) is 180 Å². The molecule has 0 radical (unpaired) electrons. The van der Waals surface area contributed by atoms with Crippen LogP contribution in [0.15, 0.2) is 0 Å². The quantitative estimate of drug-likeness (QED) is 0.109. The van der Waals surface area contributed by atoms with E-state index in [0.717, 1.165) is 12.5 Å². The van der Waals surface area contributed by atoms with Gasteiger partial charge in [0.15, 0.2) is 0 Å². The molecular weight excluding hydrogens is 398 g/mol. The Morgan fingerprint density at radius 3 is 0.667 bits per heavy atom.